The molecule has 2 fully saturated rings. The lowest BCUT2D eigenvalue weighted by Crippen LogP contribution is -2.48. The average molecular weight is 345 g/mol. The lowest BCUT2D eigenvalue weighted by molar-refractivity contribution is -0.138. The maximum atomic E-state index is 12.6. The van der Waals surface area contributed by atoms with E-state index in [0.29, 0.717) is 19.5 Å². The molecule has 0 aromatic heterocycles. The predicted molar refractivity (Wildman–Crippen MR) is 95.1 cm³/mol. The van der Waals surface area contributed by atoms with Crippen molar-refractivity contribution >= 4 is 11.8 Å². The molecule has 1 aromatic carbocycles. The van der Waals surface area contributed by atoms with Crippen LogP contribution in [0.1, 0.15) is 18.4 Å². The normalized spacial score (nSPS) is 21.3. The van der Waals surface area contributed by atoms with Crippen LogP contribution in [0, 0.1) is 0 Å². The number of morpholine rings is 1. The topological polar surface area (TPSA) is 61.9 Å². The van der Waals surface area contributed by atoms with Gasteiger partial charge in [-0.25, -0.2) is 0 Å². The third-order valence-corrected chi connectivity index (χ3v) is 4.90. The number of hydrogen-bond donors (Lipinski definition) is 1. The fourth-order valence-electron chi connectivity index (χ4n) is 3.49. The van der Waals surface area contributed by atoms with E-state index in [9.17, 15) is 9.59 Å². The van der Waals surface area contributed by atoms with E-state index in [2.05, 4.69) is 10.2 Å². The summed E-state index contributed by atoms with van der Waals surface area (Å²) >= 11 is 0. The molecule has 136 valence electrons. The minimum Gasteiger partial charge on any atom is -0.379 e. The molecule has 2 saturated heterocycles. The van der Waals surface area contributed by atoms with E-state index in [-0.39, 0.29) is 17.9 Å². The predicted octanol–water partition coefficient (Wildman–Crippen LogP) is 0.669. The lowest BCUT2D eigenvalue weighted by atomic mass is 10.1. The van der Waals surface area contributed by atoms with Crippen molar-refractivity contribution in [2.45, 2.75) is 25.3 Å². The molecule has 1 unspecified atom stereocenters. The van der Waals surface area contributed by atoms with Crippen LogP contribution in [0.25, 0.3) is 0 Å². The van der Waals surface area contributed by atoms with Gasteiger partial charge >= 0.3 is 0 Å². The van der Waals surface area contributed by atoms with Gasteiger partial charge in [0.1, 0.15) is 6.04 Å². The van der Waals surface area contributed by atoms with Crippen molar-refractivity contribution in [2.24, 2.45) is 0 Å². The van der Waals surface area contributed by atoms with Crippen molar-refractivity contribution in [3.8, 4) is 0 Å². The Morgan fingerprint density at radius 3 is 2.64 bits per heavy atom. The Labute approximate surface area is 149 Å². The van der Waals surface area contributed by atoms with Crippen molar-refractivity contribution in [1.29, 1.82) is 0 Å². The fraction of sp³-hybridized carbons (Fsp3) is 0.579. The molecular formula is C19H27N3O3. The summed E-state index contributed by atoms with van der Waals surface area (Å²) in [5.41, 5.74) is 0.992. The number of amides is 2. The molecule has 0 aliphatic carbocycles. The zero-order valence-corrected chi connectivity index (χ0v) is 14.7. The molecule has 2 aliphatic heterocycles. The second-order valence-electron chi connectivity index (χ2n) is 6.65. The van der Waals surface area contributed by atoms with Crippen LogP contribution in [0.4, 0.5) is 0 Å². The van der Waals surface area contributed by atoms with Crippen molar-refractivity contribution in [3.05, 3.63) is 35.9 Å². The second-order valence-corrected chi connectivity index (χ2v) is 6.65. The van der Waals surface area contributed by atoms with Crippen LogP contribution in [0.15, 0.2) is 30.3 Å². The maximum Gasteiger partial charge on any atom is 0.242 e. The van der Waals surface area contributed by atoms with Crippen LogP contribution in [0.5, 0.6) is 0 Å². The number of hydrogen-bond acceptors (Lipinski definition) is 4. The Kier molecular flexibility index (Phi) is 6.42. The zero-order valence-electron chi connectivity index (χ0n) is 14.7. The van der Waals surface area contributed by atoms with Crippen LogP contribution in [0.2, 0.25) is 0 Å². The molecule has 0 bridgehead atoms. The zero-order chi connectivity index (χ0) is 17.5. The van der Waals surface area contributed by atoms with Crippen molar-refractivity contribution in [1.82, 2.24) is 15.1 Å². The number of carbonyl (C=O) groups excluding carboxylic acids is 2. The van der Waals surface area contributed by atoms with E-state index in [1.807, 2.05) is 30.3 Å². The Morgan fingerprint density at radius 2 is 1.88 bits per heavy atom. The number of ether oxygens (including phenoxy) is 1. The standard InChI is InChI=1S/C19H27N3O3/c23-18(15-16-5-2-1-3-6-16)22-9-4-7-17(22)19(24)20-8-10-21-11-13-25-14-12-21/h1-3,5-6,17H,4,7-15H2,(H,20,24). The fourth-order valence-corrected chi connectivity index (χ4v) is 3.49. The van der Waals surface area contributed by atoms with Gasteiger partial charge < -0.3 is 15.0 Å². The van der Waals surface area contributed by atoms with Gasteiger partial charge in [-0.2, -0.15) is 0 Å². The Bertz CT molecular complexity index is 573. The quantitative estimate of drug-likeness (QED) is 0.823. The summed E-state index contributed by atoms with van der Waals surface area (Å²) in [6, 6.07) is 9.39. The van der Waals surface area contributed by atoms with Crippen LogP contribution in [-0.4, -0.2) is 73.6 Å². The molecule has 6 heteroatoms. The van der Waals surface area contributed by atoms with Gasteiger partial charge in [0.2, 0.25) is 11.8 Å². The highest BCUT2D eigenvalue weighted by atomic mass is 16.5. The number of likely N-dealkylation sites (tertiary alicyclic amines) is 1. The molecule has 0 radical (unpaired) electrons. The molecule has 1 atom stereocenters. The summed E-state index contributed by atoms with van der Waals surface area (Å²) in [7, 11) is 0. The highest BCUT2D eigenvalue weighted by Crippen LogP contribution is 2.19. The molecule has 3 rings (SSSR count). The van der Waals surface area contributed by atoms with E-state index >= 15 is 0 Å². The van der Waals surface area contributed by atoms with Gasteiger partial charge in [0.05, 0.1) is 19.6 Å². The third kappa shape index (κ3) is 5.03. The van der Waals surface area contributed by atoms with Gasteiger partial charge in [0.25, 0.3) is 0 Å². The first-order chi connectivity index (χ1) is 12.2. The van der Waals surface area contributed by atoms with Gasteiger partial charge in [0.15, 0.2) is 0 Å². The highest BCUT2D eigenvalue weighted by molar-refractivity contribution is 5.89. The minimum absolute atomic E-state index is 0.0211. The first kappa shape index (κ1) is 17.9. The van der Waals surface area contributed by atoms with Crippen molar-refractivity contribution in [2.75, 3.05) is 45.9 Å². The van der Waals surface area contributed by atoms with Crippen LogP contribution < -0.4 is 5.32 Å². The summed E-state index contributed by atoms with van der Waals surface area (Å²) in [4.78, 5) is 29.1. The van der Waals surface area contributed by atoms with E-state index in [4.69, 9.17) is 4.74 Å². The molecule has 2 heterocycles. The number of nitrogens with zero attached hydrogens (tertiary/aromatic N) is 2. The minimum atomic E-state index is -0.319. The first-order valence-corrected chi connectivity index (χ1v) is 9.15. The van der Waals surface area contributed by atoms with Gasteiger partial charge in [-0.3, -0.25) is 14.5 Å². The Balaban J connectivity index is 1.46. The van der Waals surface area contributed by atoms with Gasteiger partial charge in [0, 0.05) is 32.7 Å². The Morgan fingerprint density at radius 1 is 1.12 bits per heavy atom. The maximum absolute atomic E-state index is 12.6. The average Bonchev–Trinajstić information content (AvgIpc) is 3.13. The van der Waals surface area contributed by atoms with Crippen molar-refractivity contribution < 1.29 is 14.3 Å². The molecule has 1 aromatic rings. The molecule has 0 spiro atoms. The van der Waals surface area contributed by atoms with Crippen LogP contribution in [-0.2, 0) is 20.7 Å². The molecule has 0 saturated carbocycles. The van der Waals surface area contributed by atoms with Crippen LogP contribution in [0.3, 0.4) is 0 Å². The number of rotatable bonds is 6. The first-order valence-electron chi connectivity index (χ1n) is 9.15. The highest BCUT2D eigenvalue weighted by Gasteiger charge is 2.33. The summed E-state index contributed by atoms with van der Waals surface area (Å²) < 4.78 is 5.32. The van der Waals surface area contributed by atoms with E-state index in [1.54, 1.807) is 4.90 Å². The lowest BCUT2D eigenvalue weighted by Gasteiger charge is -2.27. The molecule has 2 amide bonds. The molecule has 2 aliphatic rings. The van der Waals surface area contributed by atoms with E-state index < -0.39 is 0 Å². The number of nitrogens with one attached hydrogen (secondary N) is 1. The molecule has 6 nitrogen and oxygen atoms in total. The summed E-state index contributed by atoms with van der Waals surface area (Å²) in [6.45, 7) is 5.49. The summed E-state index contributed by atoms with van der Waals surface area (Å²) in [6.07, 6.45) is 2.00. The third-order valence-electron chi connectivity index (χ3n) is 4.90. The van der Waals surface area contributed by atoms with Crippen LogP contribution >= 0.6 is 0 Å². The van der Waals surface area contributed by atoms with Gasteiger partial charge in [-0.1, -0.05) is 30.3 Å². The summed E-state index contributed by atoms with van der Waals surface area (Å²) in [5.74, 6) is 0.0178. The smallest absolute Gasteiger partial charge is 0.242 e. The largest absolute Gasteiger partial charge is 0.379 e. The molecule has 1 N–H and O–H groups in total. The molecular weight excluding hydrogens is 318 g/mol. The van der Waals surface area contributed by atoms with E-state index in [1.165, 1.54) is 0 Å². The van der Waals surface area contributed by atoms with Gasteiger partial charge in [-0.05, 0) is 18.4 Å². The van der Waals surface area contributed by atoms with E-state index in [0.717, 1.165) is 51.3 Å². The summed E-state index contributed by atoms with van der Waals surface area (Å²) in [5, 5.41) is 3.01. The number of benzene rings is 1. The SMILES string of the molecule is O=C(NCCN1CCOCC1)C1CCCN1C(=O)Cc1ccccc1. The molecule has 25 heavy (non-hydrogen) atoms. The monoisotopic (exact) mass is 345 g/mol. The number of carbonyl (C=O) groups is 2. The second kappa shape index (κ2) is 8.97. The van der Waals surface area contributed by atoms with Gasteiger partial charge in [-0.15, -0.1) is 0 Å². The Hall–Kier alpha value is -1.92. The van der Waals surface area contributed by atoms with Crippen molar-refractivity contribution in [3.63, 3.8) is 0 Å².